The van der Waals surface area contributed by atoms with Crippen molar-refractivity contribution in [2.75, 3.05) is 19.8 Å². The van der Waals surface area contributed by atoms with Gasteiger partial charge in [0.1, 0.15) is 12.7 Å². The van der Waals surface area contributed by atoms with E-state index in [2.05, 4.69) is 15.9 Å². The van der Waals surface area contributed by atoms with Gasteiger partial charge in [-0.2, -0.15) is 0 Å². The van der Waals surface area contributed by atoms with Gasteiger partial charge in [-0.1, -0.05) is 15.9 Å². The van der Waals surface area contributed by atoms with Crippen molar-refractivity contribution in [3.05, 3.63) is 32.3 Å². The normalized spacial score (nSPS) is 13.8. The number of halogens is 1. The highest BCUT2D eigenvalue weighted by Crippen LogP contribution is 2.37. The summed E-state index contributed by atoms with van der Waals surface area (Å²) in [4.78, 5) is 10.5. The molecule has 1 rings (SSSR count). The summed E-state index contributed by atoms with van der Waals surface area (Å²) in [6, 6.07) is 2.83. The number of rotatable bonds is 8. The maximum atomic E-state index is 11.1. The second-order valence-corrected chi connectivity index (χ2v) is 5.32. The molecule has 8 heteroatoms. The summed E-state index contributed by atoms with van der Waals surface area (Å²) in [5.74, 6) is -0.0475. The first-order valence-corrected chi connectivity index (χ1v) is 7.20. The van der Waals surface area contributed by atoms with E-state index in [-0.39, 0.29) is 30.2 Å². The van der Waals surface area contributed by atoms with E-state index in [1.807, 2.05) is 0 Å². The molecule has 0 bridgehead atoms. The van der Waals surface area contributed by atoms with Crippen molar-refractivity contribution in [2.24, 2.45) is 0 Å². The molecule has 2 N–H and O–H groups in total. The first-order chi connectivity index (χ1) is 9.86. The molecule has 0 heterocycles. The Labute approximate surface area is 130 Å². The van der Waals surface area contributed by atoms with E-state index in [4.69, 9.17) is 9.47 Å². The molecule has 7 nitrogen and oxygen atoms in total. The number of nitro benzene ring substituents is 1. The van der Waals surface area contributed by atoms with Crippen LogP contribution in [0.2, 0.25) is 0 Å². The Hall–Kier alpha value is -1.22. The number of aliphatic hydroxyl groups is 2. The predicted octanol–water partition coefficient (Wildman–Crippen LogP) is 2.19. The lowest BCUT2D eigenvalue weighted by atomic mass is 10.1. The lowest BCUT2D eigenvalue weighted by Crippen LogP contribution is -2.24. The second-order valence-electron chi connectivity index (χ2n) is 4.40. The molecule has 2 atom stereocenters. The first-order valence-electron chi connectivity index (χ1n) is 6.41. The molecule has 0 saturated heterocycles. The van der Waals surface area contributed by atoms with Gasteiger partial charge in [0, 0.05) is 22.7 Å². The van der Waals surface area contributed by atoms with Crippen molar-refractivity contribution in [1.29, 1.82) is 0 Å². The van der Waals surface area contributed by atoms with Crippen LogP contribution < -0.4 is 4.74 Å². The Morgan fingerprint density at radius 2 is 2.05 bits per heavy atom. The van der Waals surface area contributed by atoms with Crippen LogP contribution in [0.4, 0.5) is 5.69 Å². The second kappa shape index (κ2) is 8.28. The highest BCUT2D eigenvalue weighted by Gasteiger charge is 2.24. The van der Waals surface area contributed by atoms with Gasteiger partial charge < -0.3 is 19.7 Å². The molecule has 0 fully saturated rings. The number of nitrogens with zero attached hydrogens (tertiary/aromatic N) is 1. The van der Waals surface area contributed by atoms with Gasteiger partial charge in [0.15, 0.2) is 0 Å². The van der Waals surface area contributed by atoms with E-state index < -0.39 is 17.1 Å². The van der Waals surface area contributed by atoms with Crippen molar-refractivity contribution in [1.82, 2.24) is 0 Å². The molecule has 1 aromatic carbocycles. The summed E-state index contributed by atoms with van der Waals surface area (Å²) in [5.41, 5.74) is 0.00331. The van der Waals surface area contributed by atoms with Gasteiger partial charge >= 0.3 is 5.69 Å². The topological polar surface area (TPSA) is 102 Å². The third-order valence-corrected chi connectivity index (χ3v) is 3.10. The molecule has 0 saturated carbocycles. The monoisotopic (exact) mass is 363 g/mol. The molecule has 0 radical (unpaired) electrons. The molecule has 1 aromatic rings. The number of hydrogen-bond acceptors (Lipinski definition) is 6. The number of hydrogen-bond donors (Lipinski definition) is 2. The summed E-state index contributed by atoms with van der Waals surface area (Å²) < 4.78 is 10.9. The van der Waals surface area contributed by atoms with Gasteiger partial charge in [-0.3, -0.25) is 10.1 Å². The van der Waals surface area contributed by atoms with Gasteiger partial charge in [-0.25, -0.2) is 0 Å². The molecule has 21 heavy (non-hydrogen) atoms. The maximum Gasteiger partial charge on any atom is 0.312 e. The summed E-state index contributed by atoms with van der Waals surface area (Å²) in [6.07, 6.45) is -1.85. The Bertz CT molecular complexity index is 494. The molecule has 1 unspecified atom stereocenters. The zero-order valence-corrected chi connectivity index (χ0v) is 13.4. The lowest BCUT2D eigenvalue weighted by Gasteiger charge is -2.16. The molecule has 0 amide bonds. The van der Waals surface area contributed by atoms with Crippen molar-refractivity contribution in [2.45, 2.75) is 26.1 Å². The molecule has 118 valence electrons. The van der Waals surface area contributed by atoms with Crippen LogP contribution in [-0.4, -0.2) is 41.1 Å². The number of nitro groups is 1. The minimum atomic E-state index is -0.944. The van der Waals surface area contributed by atoms with E-state index in [1.165, 1.54) is 13.0 Å². The minimum absolute atomic E-state index is 0.0475. The molecule has 0 spiro atoms. The van der Waals surface area contributed by atoms with Crippen LogP contribution in [0, 0.1) is 10.1 Å². The average Bonchev–Trinajstić information content (AvgIpc) is 2.42. The molecule has 0 aliphatic carbocycles. The minimum Gasteiger partial charge on any atom is -0.484 e. The average molecular weight is 364 g/mol. The summed E-state index contributed by atoms with van der Waals surface area (Å²) >= 11 is 3.16. The number of aliphatic hydroxyl groups excluding tert-OH is 2. The van der Waals surface area contributed by atoms with Crippen LogP contribution in [0.3, 0.4) is 0 Å². The van der Waals surface area contributed by atoms with Gasteiger partial charge in [0.05, 0.1) is 17.6 Å². The Morgan fingerprint density at radius 3 is 2.57 bits per heavy atom. The van der Waals surface area contributed by atoms with Crippen molar-refractivity contribution < 1.29 is 24.6 Å². The summed E-state index contributed by atoms with van der Waals surface area (Å²) in [7, 11) is 0. The molecule has 0 aromatic heterocycles. The molecular formula is C13H18BrNO6. The van der Waals surface area contributed by atoms with Crippen LogP contribution in [0.25, 0.3) is 0 Å². The Morgan fingerprint density at radius 1 is 1.38 bits per heavy atom. The summed E-state index contributed by atoms with van der Waals surface area (Å²) in [5, 5.41) is 30.5. The quantitative estimate of drug-likeness (QED) is 0.542. The third kappa shape index (κ3) is 5.24. The van der Waals surface area contributed by atoms with Crippen LogP contribution in [0.15, 0.2) is 16.6 Å². The smallest absolute Gasteiger partial charge is 0.312 e. The highest BCUT2D eigenvalue weighted by atomic mass is 79.9. The van der Waals surface area contributed by atoms with Crippen LogP contribution in [0.1, 0.15) is 25.5 Å². The fourth-order valence-electron chi connectivity index (χ4n) is 1.68. The van der Waals surface area contributed by atoms with Crippen LogP contribution in [0.5, 0.6) is 5.75 Å². The molecule has 0 aliphatic rings. The molecular weight excluding hydrogens is 346 g/mol. The SMILES string of the molecule is CCOCC(O)COc1c([C@@H](C)O)cc(Br)cc1[N+](=O)[O-]. The fourth-order valence-corrected chi connectivity index (χ4v) is 2.15. The fraction of sp³-hybridized carbons (Fsp3) is 0.538. The largest absolute Gasteiger partial charge is 0.484 e. The highest BCUT2D eigenvalue weighted by molar-refractivity contribution is 9.10. The summed E-state index contributed by atoms with van der Waals surface area (Å²) in [6.45, 7) is 3.63. The zero-order valence-electron chi connectivity index (χ0n) is 11.8. The van der Waals surface area contributed by atoms with Crippen LogP contribution in [-0.2, 0) is 4.74 Å². The van der Waals surface area contributed by atoms with Crippen molar-refractivity contribution in [3.63, 3.8) is 0 Å². The number of benzene rings is 1. The van der Waals surface area contributed by atoms with Gasteiger partial charge in [-0.05, 0) is 19.9 Å². The van der Waals surface area contributed by atoms with E-state index in [0.29, 0.717) is 11.1 Å². The zero-order chi connectivity index (χ0) is 16.0. The maximum absolute atomic E-state index is 11.1. The Kier molecular flexibility index (Phi) is 7.03. The van der Waals surface area contributed by atoms with Crippen LogP contribution >= 0.6 is 15.9 Å². The van der Waals surface area contributed by atoms with Crippen molar-refractivity contribution in [3.8, 4) is 5.75 Å². The third-order valence-electron chi connectivity index (χ3n) is 2.64. The van der Waals surface area contributed by atoms with Crippen molar-refractivity contribution >= 4 is 21.6 Å². The van der Waals surface area contributed by atoms with E-state index >= 15 is 0 Å². The van der Waals surface area contributed by atoms with E-state index in [9.17, 15) is 20.3 Å². The molecule has 0 aliphatic heterocycles. The Balaban J connectivity index is 3.00. The van der Waals surface area contributed by atoms with E-state index in [0.717, 1.165) is 0 Å². The van der Waals surface area contributed by atoms with Gasteiger partial charge in [-0.15, -0.1) is 0 Å². The van der Waals surface area contributed by atoms with Gasteiger partial charge in [0.25, 0.3) is 0 Å². The van der Waals surface area contributed by atoms with E-state index in [1.54, 1.807) is 13.0 Å². The standard InChI is InChI=1S/C13H18BrNO6/c1-3-20-6-10(17)7-21-13-11(8(2)16)4-9(14)5-12(13)15(18)19/h4-5,8,10,16-17H,3,6-7H2,1-2H3/t8-,10?/m1/s1. The predicted molar refractivity (Wildman–Crippen MR) is 79.4 cm³/mol. The first kappa shape index (κ1) is 17.8. The number of ether oxygens (including phenoxy) is 2. The van der Waals surface area contributed by atoms with Gasteiger partial charge in [0.2, 0.25) is 5.75 Å². The lowest BCUT2D eigenvalue weighted by molar-refractivity contribution is -0.386.